The molecule has 2 heterocycles. The zero-order valence-electron chi connectivity index (χ0n) is 28.2. The SMILES string of the molecule is CCCCCC/C=C/CC/C=C/CC/C=C/C(O)C(COC1OC(CO)C(OC2OC(CO)C(O)C(O)C2O)C(O)C1O)NC(=O)CC. The fourth-order valence-electron chi connectivity index (χ4n) is 5.34. The van der Waals surface area contributed by atoms with Crippen molar-refractivity contribution < 1.29 is 64.6 Å². The summed E-state index contributed by atoms with van der Waals surface area (Å²) in [6, 6.07) is -0.929. The first kappa shape index (κ1) is 42.4. The van der Waals surface area contributed by atoms with Crippen molar-refractivity contribution in [2.75, 3.05) is 19.8 Å². The van der Waals surface area contributed by atoms with E-state index in [0.717, 1.165) is 25.7 Å². The standard InChI is InChI=1S/C34H59NO13/c1-3-5-6-7-8-9-10-11-12-13-14-15-16-17-18-23(38)22(35-26(39)4-2)21-45-33-31(44)29(42)32(25(20-37)47-33)48-34-30(43)28(41)27(40)24(19-36)46-34/h9-10,13-14,17-18,22-25,27-34,36-38,40-44H,3-8,11-12,15-16,19-21H2,1-2H3,(H,35,39)/b10-9+,14-13+,18-17+. The molecule has 0 saturated carbocycles. The molecule has 278 valence electrons. The first-order valence-electron chi connectivity index (χ1n) is 17.2. The molecule has 2 saturated heterocycles. The predicted octanol–water partition coefficient (Wildman–Crippen LogP) is 0.0822. The number of nitrogens with one attached hydrogen (secondary N) is 1. The summed E-state index contributed by atoms with van der Waals surface area (Å²) in [6.07, 6.45) is 4.74. The van der Waals surface area contributed by atoms with E-state index >= 15 is 0 Å². The molecule has 0 aliphatic carbocycles. The molecule has 0 aromatic carbocycles. The third kappa shape index (κ3) is 13.8. The van der Waals surface area contributed by atoms with Crippen LogP contribution in [0.3, 0.4) is 0 Å². The van der Waals surface area contributed by atoms with Crippen LogP contribution in [0.2, 0.25) is 0 Å². The van der Waals surface area contributed by atoms with Crippen molar-refractivity contribution in [3.8, 4) is 0 Å². The van der Waals surface area contributed by atoms with Crippen LogP contribution in [0.4, 0.5) is 0 Å². The molecule has 1 amide bonds. The Balaban J connectivity index is 1.88. The maximum atomic E-state index is 12.2. The number of carbonyl (C=O) groups is 1. The van der Waals surface area contributed by atoms with E-state index in [1.54, 1.807) is 19.1 Å². The predicted molar refractivity (Wildman–Crippen MR) is 175 cm³/mol. The van der Waals surface area contributed by atoms with Gasteiger partial charge in [-0.3, -0.25) is 4.79 Å². The first-order chi connectivity index (χ1) is 23.1. The van der Waals surface area contributed by atoms with Gasteiger partial charge in [0.15, 0.2) is 12.6 Å². The number of allylic oxidation sites excluding steroid dienone is 5. The Labute approximate surface area is 283 Å². The Morgan fingerprint density at radius 1 is 0.729 bits per heavy atom. The third-order valence-corrected chi connectivity index (χ3v) is 8.37. The lowest BCUT2D eigenvalue weighted by Crippen LogP contribution is -2.65. The number of aliphatic hydroxyl groups excluding tert-OH is 8. The molecule has 14 nitrogen and oxygen atoms in total. The number of carbonyl (C=O) groups excluding carboxylic acids is 1. The maximum Gasteiger partial charge on any atom is 0.220 e. The number of amides is 1. The van der Waals surface area contributed by atoms with Gasteiger partial charge in [0.1, 0.15) is 48.8 Å². The Bertz CT molecular complexity index is 961. The lowest BCUT2D eigenvalue weighted by Gasteiger charge is -2.46. The second kappa shape index (κ2) is 23.6. The molecule has 2 aliphatic heterocycles. The van der Waals surface area contributed by atoms with Crippen LogP contribution in [0.5, 0.6) is 0 Å². The summed E-state index contributed by atoms with van der Waals surface area (Å²) in [5.74, 6) is -0.347. The van der Waals surface area contributed by atoms with Crippen molar-refractivity contribution in [2.45, 2.75) is 152 Å². The molecule has 12 unspecified atom stereocenters. The number of aliphatic hydroxyl groups is 8. The van der Waals surface area contributed by atoms with E-state index in [1.807, 2.05) is 0 Å². The molecule has 2 fully saturated rings. The topological polar surface area (TPSA) is 228 Å². The van der Waals surface area contributed by atoms with E-state index in [9.17, 15) is 45.6 Å². The summed E-state index contributed by atoms with van der Waals surface area (Å²) in [6.45, 7) is 2.10. The van der Waals surface area contributed by atoms with Crippen LogP contribution < -0.4 is 5.32 Å². The van der Waals surface area contributed by atoms with E-state index in [1.165, 1.54) is 25.7 Å². The van der Waals surface area contributed by atoms with Crippen molar-refractivity contribution in [3.63, 3.8) is 0 Å². The van der Waals surface area contributed by atoms with Gasteiger partial charge in [0.2, 0.25) is 5.91 Å². The summed E-state index contributed by atoms with van der Waals surface area (Å²) in [7, 11) is 0. The lowest BCUT2D eigenvalue weighted by molar-refractivity contribution is -0.359. The average Bonchev–Trinajstić information content (AvgIpc) is 3.09. The van der Waals surface area contributed by atoms with Crippen LogP contribution in [0.25, 0.3) is 0 Å². The van der Waals surface area contributed by atoms with Crippen molar-refractivity contribution in [1.29, 1.82) is 0 Å². The number of rotatable bonds is 22. The van der Waals surface area contributed by atoms with Crippen molar-refractivity contribution in [2.24, 2.45) is 0 Å². The van der Waals surface area contributed by atoms with Crippen LogP contribution in [0.1, 0.15) is 78.1 Å². The van der Waals surface area contributed by atoms with E-state index in [0.29, 0.717) is 6.42 Å². The van der Waals surface area contributed by atoms with Gasteiger partial charge in [-0.05, 0) is 38.5 Å². The quantitative estimate of drug-likeness (QED) is 0.0543. The van der Waals surface area contributed by atoms with Crippen molar-refractivity contribution in [1.82, 2.24) is 5.32 Å². The minimum atomic E-state index is -1.79. The van der Waals surface area contributed by atoms with Crippen LogP contribution in [0, 0.1) is 0 Å². The van der Waals surface area contributed by atoms with Crippen molar-refractivity contribution in [3.05, 3.63) is 36.5 Å². The van der Waals surface area contributed by atoms with Crippen LogP contribution in [-0.2, 0) is 23.7 Å². The Hall–Kier alpha value is -1.79. The molecule has 48 heavy (non-hydrogen) atoms. The monoisotopic (exact) mass is 689 g/mol. The third-order valence-electron chi connectivity index (χ3n) is 8.37. The Kier molecular flexibility index (Phi) is 20.8. The summed E-state index contributed by atoms with van der Waals surface area (Å²) < 4.78 is 22.2. The highest BCUT2D eigenvalue weighted by atomic mass is 16.7. The summed E-state index contributed by atoms with van der Waals surface area (Å²) in [5, 5.41) is 84.8. The summed E-state index contributed by atoms with van der Waals surface area (Å²) >= 11 is 0. The Morgan fingerprint density at radius 2 is 1.31 bits per heavy atom. The van der Waals surface area contributed by atoms with Gasteiger partial charge < -0.3 is 65.1 Å². The average molecular weight is 690 g/mol. The molecule has 0 aromatic heterocycles. The molecule has 12 atom stereocenters. The molecule has 2 aliphatic rings. The van der Waals surface area contributed by atoms with Gasteiger partial charge in [-0.2, -0.15) is 0 Å². The molecule has 2 rings (SSSR count). The molecule has 0 aromatic rings. The zero-order valence-corrected chi connectivity index (χ0v) is 28.2. The van der Waals surface area contributed by atoms with Crippen LogP contribution >= 0.6 is 0 Å². The number of unbranched alkanes of at least 4 members (excludes halogenated alkanes) is 6. The normalized spacial score (nSPS) is 32.7. The number of ether oxygens (including phenoxy) is 4. The van der Waals surface area contributed by atoms with Gasteiger partial charge in [-0.15, -0.1) is 0 Å². The molecular weight excluding hydrogens is 630 g/mol. The van der Waals surface area contributed by atoms with E-state index in [4.69, 9.17) is 18.9 Å². The molecule has 0 radical (unpaired) electrons. The fraction of sp³-hybridized carbons (Fsp3) is 0.794. The van der Waals surface area contributed by atoms with Gasteiger partial charge in [0.25, 0.3) is 0 Å². The zero-order chi connectivity index (χ0) is 35.5. The molecule has 0 bridgehead atoms. The molecular formula is C34H59NO13. The van der Waals surface area contributed by atoms with Gasteiger partial charge in [0, 0.05) is 6.42 Å². The Morgan fingerprint density at radius 3 is 1.92 bits per heavy atom. The second-order valence-electron chi connectivity index (χ2n) is 12.2. The first-order valence-corrected chi connectivity index (χ1v) is 17.2. The summed E-state index contributed by atoms with van der Waals surface area (Å²) in [5.41, 5.74) is 0. The van der Waals surface area contributed by atoms with E-state index in [2.05, 4.69) is 36.5 Å². The molecule has 9 N–H and O–H groups in total. The maximum absolute atomic E-state index is 12.2. The molecule has 0 spiro atoms. The summed E-state index contributed by atoms with van der Waals surface area (Å²) in [4.78, 5) is 12.2. The highest BCUT2D eigenvalue weighted by Crippen LogP contribution is 2.29. The lowest BCUT2D eigenvalue weighted by atomic mass is 9.97. The van der Waals surface area contributed by atoms with Gasteiger partial charge >= 0.3 is 0 Å². The number of hydrogen-bond donors (Lipinski definition) is 9. The highest BCUT2D eigenvalue weighted by molar-refractivity contribution is 5.75. The highest BCUT2D eigenvalue weighted by Gasteiger charge is 2.50. The van der Waals surface area contributed by atoms with Crippen LogP contribution in [-0.4, -0.2) is 140 Å². The molecule has 14 heteroatoms. The fourth-order valence-corrected chi connectivity index (χ4v) is 5.34. The van der Waals surface area contributed by atoms with Gasteiger partial charge in [-0.25, -0.2) is 0 Å². The van der Waals surface area contributed by atoms with Crippen LogP contribution in [0.15, 0.2) is 36.5 Å². The van der Waals surface area contributed by atoms with Gasteiger partial charge in [-0.1, -0.05) is 69.6 Å². The van der Waals surface area contributed by atoms with Gasteiger partial charge in [0.05, 0.1) is 32.0 Å². The largest absolute Gasteiger partial charge is 0.394 e. The minimum absolute atomic E-state index is 0.149. The smallest absolute Gasteiger partial charge is 0.220 e. The van der Waals surface area contributed by atoms with E-state index < -0.39 is 86.8 Å². The van der Waals surface area contributed by atoms with E-state index in [-0.39, 0.29) is 18.9 Å². The van der Waals surface area contributed by atoms with Crippen molar-refractivity contribution >= 4 is 5.91 Å². The minimum Gasteiger partial charge on any atom is -0.394 e. The number of hydrogen-bond acceptors (Lipinski definition) is 13. The second-order valence-corrected chi connectivity index (χ2v) is 12.2.